The van der Waals surface area contributed by atoms with Crippen molar-refractivity contribution in [3.8, 4) is 0 Å². The van der Waals surface area contributed by atoms with Crippen LogP contribution in [0, 0.1) is 0 Å². The number of unbranched alkanes of at least 4 members (excludes halogenated alkanes) is 2. The highest BCUT2D eigenvalue weighted by molar-refractivity contribution is 7.18. The van der Waals surface area contributed by atoms with Gasteiger partial charge in [0, 0.05) is 45.0 Å². The maximum atomic E-state index is 13.3. The minimum atomic E-state index is -0.826. The first-order valence-corrected chi connectivity index (χ1v) is 11.6. The number of hydrogen-bond donors (Lipinski definition) is 1. The Morgan fingerprint density at radius 1 is 0.781 bits per heavy atom. The molecule has 0 aliphatic carbocycles. The Morgan fingerprint density at radius 3 is 2.19 bits per heavy atom. The summed E-state index contributed by atoms with van der Waals surface area (Å²) in [5.41, 5.74) is 1.13. The van der Waals surface area contributed by atoms with E-state index in [1.54, 1.807) is 11.3 Å². The Hall–Kier alpha value is -3.51. The van der Waals surface area contributed by atoms with Gasteiger partial charge < -0.3 is 5.11 Å². The summed E-state index contributed by atoms with van der Waals surface area (Å²) in [5, 5.41) is 18.4. The molecule has 1 aliphatic heterocycles. The fourth-order valence-corrected chi connectivity index (χ4v) is 6.11. The van der Waals surface area contributed by atoms with E-state index >= 15 is 0 Å². The molecule has 4 aromatic carbocycles. The van der Waals surface area contributed by atoms with Gasteiger partial charge in [-0.25, -0.2) is 0 Å². The minimum absolute atomic E-state index is 0.104. The molecule has 1 aromatic heterocycles. The molecule has 32 heavy (non-hydrogen) atoms. The molecule has 1 N–H and O–H groups in total. The number of nitrogens with zero attached hydrogens (tertiary/aromatic N) is 1. The minimum Gasteiger partial charge on any atom is -0.481 e. The molecule has 0 fully saturated rings. The van der Waals surface area contributed by atoms with Crippen LogP contribution in [0.2, 0.25) is 0 Å². The maximum Gasteiger partial charge on any atom is 0.303 e. The second-order valence-electron chi connectivity index (χ2n) is 8.37. The van der Waals surface area contributed by atoms with Crippen LogP contribution in [0.5, 0.6) is 0 Å². The largest absolute Gasteiger partial charge is 0.481 e. The van der Waals surface area contributed by atoms with E-state index in [1.165, 1.54) is 15.0 Å². The van der Waals surface area contributed by atoms with Crippen molar-refractivity contribution in [2.45, 2.75) is 25.7 Å². The lowest BCUT2D eigenvalue weighted by Crippen LogP contribution is -2.40. The molecule has 0 atom stereocenters. The highest BCUT2D eigenvalue weighted by atomic mass is 32.1. The van der Waals surface area contributed by atoms with Crippen LogP contribution < -0.4 is 0 Å². The van der Waals surface area contributed by atoms with Gasteiger partial charge in [-0.1, -0.05) is 30.7 Å². The van der Waals surface area contributed by atoms with E-state index in [2.05, 4.69) is 23.6 Å². The Balaban J connectivity index is 1.49. The van der Waals surface area contributed by atoms with Crippen LogP contribution in [-0.2, 0) is 4.79 Å². The van der Waals surface area contributed by atoms with Crippen LogP contribution in [0.15, 0.2) is 47.8 Å². The number of carboxylic acids is 1. The second kappa shape index (κ2) is 7.00. The smallest absolute Gasteiger partial charge is 0.303 e. The van der Waals surface area contributed by atoms with E-state index in [1.807, 2.05) is 24.3 Å². The van der Waals surface area contributed by atoms with Crippen LogP contribution in [0.25, 0.3) is 42.4 Å². The number of aliphatic carboxylic acids is 1. The topological polar surface area (TPSA) is 74.7 Å². The number of rotatable bonds is 6. The first-order chi connectivity index (χ1) is 15.6. The van der Waals surface area contributed by atoms with Crippen LogP contribution in [0.3, 0.4) is 0 Å². The summed E-state index contributed by atoms with van der Waals surface area (Å²) < 4.78 is 1.23. The van der Waals surface area contributed by atoms with E-state index in [9.17, 15) is 14.4 Å². The fourth-order valence-electron chi connectivity index (χ4n) is 5.12. The fraction of sp³-hybridized carbons (Fsp3) is 0.192. The monoisotopic (exact) mass is 441 g/mol. The van der Waals surface area contributed by atoms with Gasteiger partial charge in [-0.15, -0.1) is 11.3 Å². The standard InChI is InChI=1S/C26H19NO4S/c28-21(29)7-2-1-3-12-27-25(30)17-10-8-15-14-5-4-6-20-22(14)19(13-32-20)16-9-11-18(26(27)31)24(17)23(15)16/h4-6,8-11,13H,1-3,7,12H2,(H,28,29). The summed E-state index contributed by atoms with van der Waals surface area (Å²) in [5.74, 6) is -1.36. The lowest BCUT2D eigenvalue weighted by molar-refractivity contribution is -0.137. The number of carbonyl (C=O) groups excluding carboxylic acids is 2. The zero-order valence-corrected chi connectivity index (χ0v) is 18.0. The van der Waals surface area contributed by atoms with Crippen LogP contribution >= 0.6 is 11.3 Å². The molecule has 158 valence electrons. The van der Waals surface area contributed by atoms with Gasteiger partial charge in [-0.2, -0.15) is 0 Å². The lowest BCUT2D eigenvalue weighted by Gasteiger charge is -2.28. The SMILES string of the molecule is O=C(O)CCCCCN1C(=O)c2ccc3c4cccc5scc(c6ccc(c2c36)C1=O)c54. The molecular weight excluding hydrogens is 422 g/mol. The van der Waals surface area contributed by atoms with Crippen molar-refractivity contribution < 1.29 is 19.5 Å². The van der Waals surface area contributed by atoms with Crippen molar-refractivity contribution >= 4 is 71.5 Å². The number of imide groups is 1. The van der Waals surface area contributed by atoms with Gasteiger partial charge in [0.25, 0.3) is 11.8 Å². The molecule has 2 heterocycles. The molecule has 5 nitrogen and oxygen atoms in total. The van der Waals surface area contributed by atoms with Crippen molar-refractivity contribution in [1.29, 1.82) is 0 Å². The van der Waals surface area contributed by atoms with Crippen LogP contribution in [-0.4, -0.2) is 34.3 Å². The Kier molecular flexibility index (Phi) is 4.20. The Bertz CT molecular complexity index is 1560. The normalized spacial score (nSPS) is 13.9. The highest BCUT2D eigenvalue weighted by Crippen LogP contribution is 2.45. The molecule has 1 aliphatic rings. The molecule has 5 aromatic rings. The average Bonchev–Trinajstić information content (AvgIpc) is 3.23. The summed E-state index contributed by atoms with van der Waals surface area (Å²) in [6.07, 6.45) is 1.90. The van der Waals surface area contributed by atoms with Crippen molar-refractivity contribution in [1.82, 2.24) is 4.90 Å². The van der Waals surface area contributed by atoms with Crippen molar-refractivity contribution in [2.24, 2.45) is 0 Å². The number of thiophene rings is 1. The number of carboxylic acid groups (broad SMARTS) is 1. The number of carbonyl (C=O) groups is 3. The summed E-state index contributed by atoms with van der Waals surface area (Å²) >= 11 is 1.71. The molecule has 6 rings (SSSR count). The molecule has 0 spiro atoms. The first kappa shape index (κ1) is 19.2. The summed E-state index contributed by atoms with van der Waals surface area (Å²) in [7, 11) is 0. The van der Waals surface area contributed by atoms with Crippen LogP contribution in [0.4, 0.5) is 0 Å². The van der Waals surface area contributed by atoms with Crippen molar-refractivity contribution in [3.63, 3.8) is 0 Å². The Labute approximate surface area is 187 Å². The van der Waals surface area contributed by atoms with Gasteiger partial charge in [0.1, 0.15) is 0 Å². The van der Waals surface area contributed by atoms with Gasteiger partial charge in [0.05, 0.1) is 0 Å². The molecular formula is C26H19NO4S. The molecule has 0 bridgehead atoms. The lowest BCUT2D eigenvalue weighted by atomic mass is 9.86. The van der Waals surface area contributed by atoms with Crippen molar-refractivity contribution in [3.05, 3.63) is 59.0 Å². The third-order valence-corrected chi connectivity index (χ3v) is 7.51. The Morgan fingerprint density at radius 2 is 1.47 bits per heavy atom. The number of benzene rings is 4. The number of hydrogen-bond acceptors (Lipinski definition) is 4. The van der Waals surface area contributed by atoms with Crippen LogP contribution in [0.1, 0.15) is 46.4 Å². The molecule has 0 radical (unpaired) electrons. The molecule has 0 unspecified atom stereocenters. The van der Waals surface area contributed by atoms with E-state index in [4.69, 9.17) is 5.11 Å². The summed E-state index contributed by atoms with van der Waals surface area (Å²) in [6, 6.07) is 14.0. The molecule has 2 amide bonds. The second-order valence-corrected chi connectivity index (χ2v) is 9.28. The van der Waals surface area contributed by atoms with E-state index in [0.29, 0.717) is 36.9 Å². The van der Waals surface area contributed by atoms with Crippen molar-refractivity contribution in [2.75, 3.05) is 6.54 Å². The summed E-state index contributed by atoms with van der Waals surface area (Å²) in [6.45, 7) is 0.301. The number of fused-ring (bicyclic) bond motifs is 2. The molecule has 6 heteroatoms. The third kappa shape index (κ3) is 2.59. The zero-order chi connectivity index (χ0) is 22.0. The van der Waals surface area contributed by atoms with E-state index in [-0.39, 0.29) is 18.2 Å². The molecule has 0 saturated heterocycles. The van der Waals surface area contributed by atoms with Gasteiger partial charge in [-0.3, -0.25) is 19.3 Å². The predicted molar refractivity (Wildman–Crippen MR) is 127 cm³/mol. The maximum absolute atomic E-state index is 13.3. The summed E-state index contributed by atoms with van der Waals surface area (Å²) in [4.78, 5) is 38.6. The average molecular weight is 442 g/mol. The quantitative estimate of drug-likeness (QED) is 0.151. The van der Waals surface area contributed by atoms with Gasteiger partial charge >= 0.3 is 5.97 Å². The van der Waals surface area contributed by atoms with Gasteiger partial charge in [-0.05, 0) is 58.0 Å². The first-order valence-electron chi connectivity index (χ1n) is 10.7. The molecule has 0 saturated carbocycles. The van der Waals surface area contributed by atoms with E-state index in [0.717, 1.165) is 32.3 Å². The highest BCUT2D eigenvalue weighted by Gasteiger charge is 2.33. The van der Waals surface area contributed by atoms with E-state index < -0.39 is 5.97 Å². The zero-order valence-electron chi connectivity index (χ0n) is 17.2. The number of amides is 2. The van der Waals surface area contributed by atoms with Gasteiger partial charge in [0.2, 0.25) is 0 Å². The van der Waals surface area contributed by atoms with Gasteiger partial charge in [0.15, 0.2) is 0 Å². The predicted octanol–water partition coefficient (Wildman–Crippen LogP) is 6.04. The third-order valence-electron chi connectivity index (χ3n) is 6.56.